The third-order valence-electron chi connectivity index (χ3n) is 5.62. The molecule has 0 fully saturated rings. The van der Waals surface area contributed by atoms with Crippen LogP contribution >= 0.6 is 0 Å². The Morgan fingerprint density at radius 3 is 2.38 bits per heavy atom. The molecule has 0 N–H and O–H groups in total. The number of para-hydroxylation sites is 1. The van der Waals surface area contributed by atoms with Crippen molar-refractivity contribution in [1.29, 1.82) is 10.5 Å². The summed E-state index contributed by atoms with van der Waals surface area (Å²) in [6.45, 7) is 3.12. The second-order valence-electron chi connectivity index (χ2n) is 7.65. The standard InChI is InChI=1S/C28H22FN3/c1-2-3-16-32-27-7-5-4-6-25(27)26-17-21(11-15-28(26)32)24(22(18-30)19-31)14-10-20-8-12-23(29)13-9-20/h4-15,17H,2-3,16H2,1H3/b14-10+. The molecule has 1 aromatic heterocycles. The van der Waals surface area contributed by atoms with E-state index in [2.05, 4.69) is 35.8 Å². The van der Waals surface area contributed by atoms with Crippen LogP contribution in [0.1, 0.15) is 30.9 Å². The molecule has 0 atom stereocenters. The van der Waals surface area contributed by atoms with Crippen molar-refractivity contribution in [3.63, 3.8) is 0 Å². The number of rotatable bonds is 6. The normalized spacial score (nSPS) is 11.0. The number of unbranched alkanes of at least 4 members (excludes halogenated alkanes) is 1. The van der Waals surface area contributed by atoms with E-state index in [1.807, 2.05) is 30.3 Å². The third kappa shape index (κ3) is 4.04. The van der Waals surface area contributed by atoms with Crippen molar-refractivity contribution in [2.45, 2.75) is 26.3 Å². The highest BCUT2D eigenvalue weighted by Gasteiger charge is 2.13. The van der Waals surface area contributed by atoms with E-state index in [-0.39, 0.29) is 11.4 Å². The molecule has 0 radical (unpaired) electrons. The van der Waals surface area contributed by atoms with Crippen LogP contribution < -0.4 is 0 Å². The molecule has 0 aliphatic carbocycles. The summed E-state index contributed by atoms with van der Waals surface area (Å²) in [5.74, 6) is -0.308. The molecule has 0 spiro atoms. The van der Waals surface area contributed by atoms with Crippen LogP contribution in [0.3, 0.4) is 0 Å². The van der Waals surface area contributed by atoms with Gasteiger partial charge >= 0.3 is 0 Å². The Kier molecular flexibility index (Phi) is 6.15. The highest BCUT2D eigenvalue weighted by atomic mass is 19.1. The lowest BCUT2D eigenvalue weighted by atomic mass is 9.97. The predicted molar refractivity (Wildman–Crippen MR) is 128 cm³/mol. The Morgan fingerprint density at radius 1 is 0.938 bits per heavy atom. The molecule has 0 aliphatic heterocycles. The average molecular weight is 420 g/mol. The Bertz CT molecular complexity index is 1410. The number of halogens is 1. The maximum Gasteiger partial charge on any atom is 0.137 e. The molecule has 1 heterocycles. The smallest absolute Gasteiger partial charge is 0.137 e. The first-order chi connectivity index (χ1) is 15.7. The monoisotopic (exact) mass is 419 g/mol. The van der Waals surface area contributed by atoms with Crippen molar-refractivity contribution in [3.8, 4) is 12.1 Å². The Labute approximate surface area is 186 Å². The molecule has 4 rings (SSSR count). The van der Waals surface area contributed by atoms with E-state index < -0.39 is 0 Å². The SMILES string of the molecule is CCCCn1c2ccccc2c2cc(C(/C=C/c3ccc(F)cc3)=C(C#N)C#N)ccc21. The summed E-state index contributed by atoms with van der Waals surface area (Å²) in [6, 6.07) is 24.5. The molecule has 156 valence electrons. The molecular weight excluding hydrogens is 397 g/mol. The number of hydrogen-bond donors (Lipinski definition) is 0. The number of aryl methyl sites for hydroxylation is 1. The van der Waals surface area contributed by atoms with Gasteiger partial charge in [-0.2, -0.15) is 10.5 Å². The Morgan fingerprint density at radius 2 is 1.66 bits per heavy atom. The Balaban J connectivity index is 1.88. The molecule has 0 amide bonds. The van der Waals surface area contributed by atoms with Crippen LogP contribution in [0.15, 0.2) is 78.4 Å². The number of benzene rings is 3. The molecule has 0 saturated heterocycles. The maximum absolute atomic E-state index is 13.2. The van der Waals surface area contributed by atoms with E-state index in [1.165, 1.54) is 17.6 Å². The number of hydrogen-bond acceptors (Lipinski definition) is 2. The van der Waals surface area contributed by atoms with Crippen molar-refractivity contribution in [3.05, 3.63) is 95.3 Å². The van der Waals surface area contributed by atoms with Gasteiger partial charge in [0.1, 0.15) is 23.5 Å². The second-order valence-corrected chi connectivity index (χ2v) is 7.65. The zero-order valence-electron chi connectivity index (χ0n) is 17.8. The van der Waals surface area contributed by atoms with Crippen molar-refractivity contribution in [1.82, 2.24) is 4.57 Å². The lowest BCUT2D eigenvalue weighted by Crippen LogP contribution is -1.97. The Hall–Kier alpha value is -4.15. The van der Waals surface area contributed by atoms with E-state index >= 15 is 0 Å². The summed E-state index contributed by atoms with van der Waals surface area (Å²) in [5, 5.41) is 21.4. The largest absolute Gasteiger partial charge is 0.340 e. The summed E-state index contributed by atoms with van der Waals surface area (Å²) >= 11 is 0. The molecule has 4 heteroatoms. The van der Waals surface area contributed by atoms with E-state index in [0.717, 1.165) is 46.8 Å². The van der Waals surface area contributed by atoms with Gasteiger partial charge in [0.2, 0.25) is 0 Å². The summed E-state index contributed by atoms with van der Waals surface area (Å²) in [5.41, 5.74) is 4.50. The summed E-state index contributed by atoms with van der Waals surface area (Å²) < 4.78 is 15.6. The van der Waals surface area contributed by atoms with Crippen LogP contribution in [-0.4, -0.2) is 4.57 Å². The highest BCUT2D eigenvalue weighted by molar-refractivity contribution is 6.09. The van der Waals surface area contributed by atoms with Gasteiger partial charge < -0.3 is 4.57 Å². The van der Waals surface area contributed by atoms with Gasteiger partial charge in [-0.1, -0.05) is 61.9 Å². The minimum absolute atomic E-state index is 0.0393. The van der Waals surface area contributed by atoms with Crippen molar-refractivity contribution in [2.24, 2.45) is 0 Å². The van der Waals surface area contributed by atoms with E-state index in [1.54, 1.807) is 24.3 Å². The fourth-order valence-corrected chi connectivity index (χ4v) is 4.00. The average Bonchev–Trinajstić information content (AvgIpc) is 3.14. The fraction of sp³-hybridized carbons (Fsp3) is 0.143. The van der Waals surface area contributed by atoms with Crippen molar-refractivity contribution < 1.29 is 4.39 Å². The van der Waals surface area contributed by atoms with Crippen LogP contribution in [0, 0.1) is 28.5 Å². The molecule has 0 aliphatic rings. The fourth-order valence-electron chi connectivity index (χ4n) is 4.00. The first-order valence-corrected chi connectivity index (χ1v) is 10.7. The van der Waals surface area contributed by atoms with Gasteiger partial charge in [0.05, 0.1) is 0 Å². The van der Waals surface area contributed by atoms with Crippen LogP contribution in [0.2, 0.25) is 0 Å². The molecule has 32 heavy (non-hydrogen) atoms. The van der Waals surface area contributed by atoms with Crippen LogP contribution in [0.4, 0.5) is 4.39 Å². The number of fused-ring (bicyclic) bond motifs is 3. The van der Waals surface area contributed by atoms with Gasteiger partial charge in [-0.15, -0.1) is 0 Å². The number of nitrogens with zero attached hydrogens (tertiary/aromatic N) is 3. The zero-order chi connectivity index (χ0) is 22.5. The first-order valence-electron chi connectivity index (χ1n) is 10.7. The minimum atomic E-state index is -0.308. The lowest BCUT2D eigenvalue weighted by molar-refractivity contribution is 0.628. The number of aromatic nitrogens is 1. The molecule has 4 aromatic rings. The maximum atomic E-state index is 13.2. The van der Waals surface area contributed by atoms with Gasteiger partial charge in [0.15, 0.2) is 0 Å². The molecule has 0 bridgehead atoms. The highest BCUT2D eigenvalue weighted by Crippen LogP contribution is 2.33. The zero-order valence-corrected chi connectivity index (χ0v) is 17.8. The third-order valence-corrected chi connectivity index (χ3v) is 5.62. The molecule has 3 aromatic carbocycles. The molecular formula is C28H22FN3. The van der Waals surface area contributed by atoms with E-state index in [9.17, 15) is 14.9 Å². The van der Waals surface area contributed by atoms with Gasteiger partial charge in [0, 0.05) is 33.9 Å². The lowest BCUT2D eigenvalue weighted by Gasteiger charge is -2.08. The van der Waals surface area contributed by atoms with Gasteiger partial charge in [0.25, 0.3) is 0 Å². The topological polar surface area (TPSA) is 52.5 Å². The molecule has 0 unspecified atom stereocenters. The van der Waals surface area contributed by atoms with Gasteiger partial charge in [-0.25, -0.2) is 4.39 Å². The van der Waals surface area contributed by atoms with E-state index in [4.69, 9.17) is 0 Å². The predicted octanol–water partition coefficient (Wildman–Crippen LogP) is 7.25. The van der Waals surface area contributed by atoms with E-state index in [0.29, 0.717) is 5.57 Å². The van der Waals surface area contributed by atoms with Gasteiger partial charge in [-0.3, -0.25) is 0 Å². The summed E-state index contributed by atoms with van der Waals surface area (Å²) in [4.78, 5) is 0. The van der Waals surface area contributed by atoms with Crippen LogP contribution in [0.25, 0.3) is 33.5 Å². The van der Waals surface area contributed by atoms with Gasteiger partial charge in [-0.05, 0) is 47.9 Å². The molecule has 3 nitrogen and oxygen atoms in total. The number of allylic oxidation sites excluding steroid dienone is 3. The first kappa shape index (κ1) is 21.1. The second kappa shape index (κ2) is 9.33. The quantitative estimate of drug-likeness (QED) is 0.244. The van der Waals surface area contributed by atoms with Crippen molar-refractivity contribution in [2.75, 3.05) is 0 Å². The minimum Gasteiger partial charge on any atom is -0.340 e. The van der Waals surface area contributed by atoms with Crippen LogP contribution in [-0.2, 0) is 6.54 Å². The molecule has 0 saturated carbocycles. The van der Waals surface area contributed by atoms with Crippen molar-refractivity contribution >= 4 is 33.5 Å². The van der Waals surface area contributed by atoms with Crippen LogP contribution in [0.5, 0.6) is 0 Å². The number of nitriles is 2. The summed E-state index contributed by atoms with van der Waals surface area (Å²) in [6.07, 6.45) is 5.75. The summed E-state index contributed by atoms with van der Waals surface area (Å²) in [7, 11) is 0.